The van der Waals surface area contributed by atoms with Gasteiger partial charge in [-0.25, -0.2) is 19.4 Å². The zero-order chi connectivity index (χ0) is 23.8. The lowest BCUT2D eigenvalue weighted by Gasteiger charge is -2.20. The summed E-state index contributed by atoms with van der Waals surface area (Å²) in [5, 5.41) is 10.2. The summed E-state index contributed by atoms with van der Waals surface area (Å²) in [6, 6.07) is 5.26. The first-order chi connectivity index (χ1) is 16.4. The first kappa shape index (κ1) is 21.8. The van der Waals surface area contributed by atoms with Crippen LogP contribution >= 0.6 is 0 Å². The lowest BCUT2D eigenvalue weighted by molar-refractivity contribution is -0.120. The van der Waals surface area contributed by atoms with Crippen LogP contribution in [0.4, 0.5) is 5.82 Å². The second-order valence-corrected chi connectivity index (χ2v) is 8.63. The molecule has 176 valence electrons. The number of aromatic nitrogens is 5. The lowest BCUT2D eigenvalue weighted by Crippen LogP contribution is -2.26. The molecule has 0 saturated heterocycles. The Kier molecular flexibility index (Phi) is 5.60. The minimum Gasteiger partial charge on any atom is -0.408 e. The van der Waals surface area contributed by atoms with Crippen LogP contribution in [0.5, 0.6) is 0 Å². The summed E-state index contributed by atoms with van der Waals surface area (Å²) in [5.74, 6) is -0.472. The molecule has 11 nitrogen and oxygen atoms in total. The zero-order valence-corrected chi connectivity index (χ0v) is 19.0. The number of fused-ring (bicyclic) bond motifs is 2. The van der Waals surface area contributed by atoms with E-state index in [1.165, 1.54) is 15.6 Å². The maximum atomic E-state index is 12.9. The molecule has 1 fully saturated rings. The van der Waals surface area contributed by atoms with E-state index in [1.54, 1.807) is 32.3 Å². The molecular formula is C23H25N7O4. The van der Waals surface area contributed by atoms with E-state index in [4.69, 9.17) is 4.42 Å². The summed E-state index contributed by atoms with van der Waals surface area (Å²) in [5.41, 5.74) is 2.77. The predicted octanol–water partition coefficient (Wildman–Crippen LogP) is 2.26. The molecule has 3 aromatic heterocycles. The average Bonchev–Trinajstić information content (AvgIpc) is 3.32. The fourth-order valence-corrected chi connectivity index (χ4v) is 4.44. The van der Waals surface area contributed by atoms with Gasteiger partial charge in [0.1, 0.15) is 17.4 Å². The highest BCUT2D eigenvalue weighted by Gasteiger charge is 2.25. The normalized spacial score (nSPS) is 14.5. The van der Waals surface area contributed by atoms with Crippen LogP contribution in [-0.4, -0.2) is 36.1 Å². The summed E-state index contributed by atoms with van der Waals surface area (Å²) >= 11 is 0. The van der Waals surface area contributed by atoms with Gasteiger partial charge in [0.05, 0.1) is 5.52 Å². The first-order valence-corrected chi connectivity index (χ1v) is 11.3. The number of anilines is 1. The van der Waals surface area contributed by atoms with E-state index in [2.05, 4.69) is 25.7 Å². The van der Waals surface area contributed by atoms with E-state index >= 15 is 0 Å². The second kappa shape index (κ2) is 8.73. The molecule has 0 bridgehead atoms. The SMILES string of the molecule is Cn1nc2c(C(=O)NCc3ccc4oc(=O)n(C)c4c3)ncnc2c1NC(=O)C1CCCCC1. The van der Waals surface area contributed by atoms with E-state index in [1.807, 2.05) is 0 Å². The number of benzene rings is 1. The third kappa shape index (κ3) is 3.93. The molecule has 0 aliphatic heterocycles. The fraction of sp³-hybridized carbons (Fsp3) is 0.391. The van der Waals surface area contributed by atoms with Crippen LogP contribution in [0.25, 0.3) is 22.1 Å². The molecule has 1 aliphatic rings. The first-order valence-electron chi connectivity index (χ1n) is 11.3. The molecule has 1 aliphatic carbocycles. The molecule has 0 spiro atoms. The van der Waals surface area contributed by atoms with Gasteiger partial charge in [0.15, 0.2) is 17.1 Å². The van der Waals surface area contributed by atoms with Crippen molar-refractivity contribution in [2.24, 2.45) is 20.0 Å². The molecule has 4 aromatic rings. The quantitative estimate of drug-likeness (QED) is 0.463. The van der Waals surface area contributed by atoms with Gasteiger partial charge in [-0.05, 0) is 30.5 Å². The van der Waals surface area contributed by atoms with Crippen molar-refractivity contribution >= 4 is 39.8 Å². The average molecular weight is 463 g/mol. The Morgan fingerprint density at radius 3 is 2.71 bits per heavy atom. The smallest absolute Gasteiger partial charge is 0.408 e. The predicted molar refractivity (Wildman–Crippen MR) is 124 cm³/mol. The molecule has 0 unspecified atom stereocenters. The monoisotopic (exact) mass is 463 g/mol. The number of carbonyl (C=O) groups excluding carboxylic acids is 2. The topological polar surface area (TPSA) is 137 Å². The van der Waals surface area contributed by atoms with Crippen molar-refractivity contribution in [1.29, 1.82) is 0 Å². The van der Waals surface area contributed by atoms with Gasteiger partial charge in [-0.1, -0.05) is 25.3 Å². The van der Waals surface area contributed by atoms with Crippen LogP contribution in [0.15, 0.2) is 33.7 Å². The number of nitrogens with zero attached hydrogens (tertiary/aromatic N) is 5. The Balaban J connectivity index is 1.35. The van der Waals surface area contributed by atoms with E-state index in [9.17, 15) is 14.4 Å². The third-order valence-electron chi connectivity index (χ3n) is 6.36. The van der Waals surface area contributed by atoms with E-state index < -0.39 is 11.7 Å². The number of nitrogens with one attached hydrogen (secondary N) is 2. The minimum atomic E-state index is -0.443. The maximum absolute atomic E-state index is 12.9. The van der Waals surface area contributed by atoms with Gasteiger partial charge in [-0.2, -0.15) is 5.10 Å². The molecule has 11 heteroatoms. The molecule has 0 radical (unpaired) electrons. The van der Waals surface area contributed by atoms with Crippen LogP contribution in [0.1, 0.15) is 48.2 Å². The van der Waals surface area contributed by atoms with Gasteiger partial charge in [-0.3, -0.25) is 14.2 Å². The summed E-state index contributed by atoms with van der Waals surface area (Å²) < 4.78 is 8.07. The minimum absolute atomic E-state index is 0.0182. The Morgan fingerprint density at radius 2 is 1.91 bits per heavy atom. The highest BCUT2D eigenvalue weighted by Crippen LogP contribution is 2.27. The fourth-order valence-electron chi connectivity index (χ4n) is 4.44. The Labute approximate surface area is 194 Å². The van der Waals surface area contributed by atoms with Crippen LogP contribution in [-0.2, 0) is 25.4 Å². The Bertz CT molecular complexity index is 1460. The number of oxazole rings is 1. The van der Waals surface area contributed by atoms with Crippen molar-refractivity contribution in [2.75, 3.05) is 5.32 Å². The summed E-state index contributed by atoms with van der Waals surface area (Å²) in [6.45, 7) is 0.220. The lowest BCUT2D eigenvalue weighted by atomic mass is 9.89. The molecule has 5 rings (SSSR count). The molecule has 3 heterocycles. The summed E-state index contributed by atoms with van der Waals surface area (Å²) in [7, 11) is 3.32. The van der Waals surface area contributed by atoms with Crippen LogP contribution < -0.4 is 16.4 Å². The molecule has 0 atom stereocenters. The van der Waals surface area contributed by atoms with Gasteiger partial charge < -0.3 is 15.1 Å². The molecule has 2 N–H and O–H groups in total. The van der Waals surface area contributed by atoms with Gasteiger partial charge in [0.2, 0.25) is 5.91 Å². The van der Waals surface area contributed by atoms with Crippen molar-refractivity contribution in [3.05, 3.63) is 46.3 Å². The molecule has 34 heavy (non-hydrogen) atoms. The second-order valence-electron chi connectivity index (χ2n) is 8.63. The Hall–Kier alpha value is -4.02. The molecule has 1 aromatic carbocycles. The Morgan fingerprint density at radius 1 is 1.12 bits per heavy atom. The molecular weight excluding hydrogens is 438 g/mol. The largest absolute Gasteiger partial charge is 0.419 e. The van der Waals surface area contributed by atoms with Crippen LogP contribution in [0.3, 0.4) is 0 Å². The summed E-state index contributed by atoms with van der Waals surface area (Å²) in [6.07, 6.45) is 6.33. The number of rotatable bonds is 5. The van der Waals surface area contributed by atoms with Crippen LogP contribution in [0, 0.1) is 5.92 Å². The number of amides is 2. The van der Waals surface area contributed by atoms with Gasteiger partial charge in [0, 0.05) is 26.6 Å². The van der Waals surface area contributed by atoms with Crippen molar-refractivity contribution < 1.29 is 14.0 Å². The number of hydrogen-bond donors (Lipinski definition) is 2. The number of hydrogen-bond acceptors (Lipinski definition) is 7. The van der Waals surface area contributed by atoms with E-state index in [0.29, 0.717) is 28.0 Å². The zero-order valence-electron chi connectivity index (χ0n) is 19.0. The van der Waals surface area contributed by atoms with Gasteiger partial charge in [0.25, 0.3) is 5.91 Å². The van der Waals surface area contributed by atoms with Crippen molar-refractivity contribution in [2.45, 2.75) is 38.6 Å². The maximum Gasteiger partial charge on any atom is 0.419 e. The van der Waals surface area contributed by atoms with Crippen molar-refractivity contribution in [1.82, 2.24) is 29.6 Å². The summed E-state index contributed by atoms with van der Waals surface area (Å²) in [4.78, 5) is 45.8. The van der Waals surface area contributed by atoms with Crippen molar-refractivity contribution in [3.8, 4) is 0 Å². The van der Waals surface area contributed by atoms with E-state index in [-0.39, 0.29) is 24.1 Å². The highest BCUT2D eigenvalue weighted by molar-refractivity contribution is 6.07. The highest BCUT2D eigenvalue weighted by atomic mass is 16.4. The van der Waals surface area contributed by atoms with Gasteiger partial charge >= 0.3 is 5.76 Å². The van der Waals surface area contributed by atoms with E-state index in [0.717, 1.165) is 37.7 Å². The number of carbonyl (C=O) groups is 2. The molecule has 1 saturated carbocycles. The third-order valence-corrected chi connectivity index (χ3v) is 6.36. The van der Waals surface area contributed by atoms with Gasteiger partial charge in [-0.15, -0.1) is 0 Å². The van der Waals surface area contributed by atoms with Crippen molar-refractivity contribution in [3.63, 3.8) is 0 Å². The van der Waals surface area contributed by atoms with Crippen LogP contribution in [0.2, 0.25) is 0 Å². The number of aryl methyl sites for hydroxylation is 2. The molecule has 2 amide bonds. The standard InChI is InChI=1S/C23H25N7O4/c1-29-15-10-13(8-9-16(15)34-23(29)33)11-24-22(32)19-17-18(25-12-26-19)20(30(2)28-17)27-21(31)14-6-4-3-5-7-14/h8-10,12,14H,3-7,11H2,1-2H3,(H,24,32)(H,27,31).